The van der Waals surface area contributed by atoms with Crippen molar-refractivity contribution in [2.75, 3.05) is 39.6 Å². The summed E-state index contributed by atoms with van der Waals surface area (Å²) in [6.07, 6.45) is 0. The second kappa shape index (κ2) is 12.8. The van der Waals surface area contributed by atoms with E-state index in [9.17, 15) is 19.2 Å². The summed E-state index contributed by atoms with van der Waals surface area (Å²) in [6, 6.07) is 0. The highest BCUT2D eigenvalue weighted by Crippen LogP contribution is 1.94. The number of carboxylic acid groups (broad SMARTS) is 2. The molecule has 2 N–H and O–H groups in total. The van der Waals surface area contributed by atoms with Crippen molar-refractivity contribution in [3.05, 3.63) is 0 Å². The molecule has 0 aromatic carbocycles. The molecule has 10 nitrogen and oxygen atoms in total. The number of carbonyl (C=O) groups excluding carboxylic acids is 2. The van der Waals surface area contributed by atoms with Crippen LogP contribution in [0.1, 0.15) is 7.43 Å². The van der Waals surface area contributed by atoms with Crippen LogP contribution in [-0.2, 0) is 28.7 Å². The molecule has 0 fully saturated rings. The Morgan fingerprint density at radius 2 is 1.24 bits per heavy atom. The zero-order valence-corrected chi connectivity index (χ0v) is 10.6. The molecule has 0 aromatic heterocycles. The fraction of sp³-hybridized carbons (Fsp3) is 0.636. The van der Waals surface area contributed by atoms with Crippen LogP contribution in [0.2, 0.25) is 0 Å². The Morgan fingerprint density at radius 1 is 0.857 bits per heavy atom. The minimum atomic E-state index is -1.16. The summed E-state index contributed by atoms with van der Waals surface area (Å²) in [5, 5.41) is 17.3. The predicted molar refractivity (Wildman–Crippen MR) is 69.2 cm³/mol. The highest BCUT2D eigenvalue weighted by atomic mass is 16.6. The third kappa shape index (κ3) is 12.6. The van der Waals surface area contributed by atoms with Gasteiger partial charge in [0.1, 0.15) is 13.5 Å². The van der Waals surface area contributed by atoms with Crippen molar-refractivity contribution in [1.82, 2.24) is 9.80 Å². The first-order valence-corrected chi connectivity index (χ1v) is 5.48. The summed E-state index contributed by atoms with van der Waals surface area (Å²) in [6.45, 7) is -0.547. The molecule has 0 radical (unpaired) electrons. The summed E-state index contributed by atoms with van der Waals surface area (Å²) >= 11 is 0. The zero-order chi connectivity index (χ0) is 15.4. The molecule has 21 heavy (non-hydrogen) atoms. The lowest BCUT2D eigenvalue weighted by molar-refractivity contribution is -0.142. The molecule has 0 bridgehead atoms. The minimum Gasteiger partial charge on any atom is -0.480 e. The van der Waals surface area contributed by atoms with Gasteiger partial charge >= 0.3 is 11.9 Å². The fourth-order valence-electron chi connectivity index (χ4n) is 1.32. The Bertz CT molecular complexity index is 308. The van der Waals surface area contributed by atoms with Crippen LogP contribution >= 0.6 is 0 Å². The maximum absolute atomic E-state index is 10.6. The number of carbonyl (C=O) groups is 4. The minimum absolute atomic E-state index is 0. The monoisotopic (exact) mass is 308 g/mol. The summed E-state index contributed by atoms with van der Waals surface area (Å²) in [4.78, 5) is 43.9. The maximum Gasteiger partial charge on any atom is 0.317 e. The topological polar surface area (TPSA) is 134 Å². The van der Waals surface area contributed by atoms with E-state index in [4.69, 9.17) is 10.2 Å². The molecule has 0 aliphatic rings. The molecule has 0 aromatic rings. The van der Waals surface area contributed by atoms with Crippen molar-refractivity contribution in [1.29, 1.82) is 0 Å². The molecule has 10 heteroatoms. The molecule has 0 saturated carbocycles. The van der Waals surface area contributed by atoms with Gasteiger partial charge in [-0.3, -0.25) is 24.1 Å². The third-order valence-electron chi connectivity index (χ3n) is 2.10. The summed E-state index contributed by atoms with van der Waals surface area (Å²) in [5.74, 6) is -2.32. The highest BCUT2D eigenvalue weighted by Gasteiger charge is 2.15. The fourth-order valence-corrected chi connectivity index (χ4v) is 1.32. The van der Waals surface area contributed by atoms with Gasteiger partial charge in [0.2, 0.25) is 0 Å². The molecule has 0 spiro atoms. The Labute approximate surface area is 121 Å². The Balaban J connectivity index is 0. The predicted octanol–water partition coefficient (Wildman–Crippen LogP) is -1.34. The van der Waals surface area contributed by atoms with Gasteiger partial charge in [0.25, 0.3) is 12.9 Å². The smallest absolute Gasteiger partial charge is 0.317 e. The first-order valence-electron chi connectivity index (χ1n) is 5.48. The Hall–Kier alpha value is -2.20. The van der Waals surface area contributed by atoms with Crippen LogP contribution in [0.25, 0.3) is 0 Å². The van der Waals surface area contributed by atoms with Crippen molar-refractivity contribution < 1.29 is 38.9 Å². The first-order chi connectivity index (χ1) is 9.49. The van der Waals surface area contributed by atoms with Gasteiger partial charge in [-0.1, -0.05) is 7.43 Å². The Kier molecular flexibility index (Phi) is 12.9. The highest BCUT2D eigenvalue weighted by molar-refractivity contribution is 5.72. The van der Waals surface area contributed by atoms with E-state index >= 15 is 0 Å². The quantitative estimate of drug-likeness (QED) is 0.311. The normalized spacial score (nSPS) is 9.81. The number of hydrogen-bond donors (Lipinski definition) is 2. The average Bonchev–Trinajstić information content (AvgIpc) is 2.36. The largest absolute Gasteiger partial charge is 0.480 e. The average molecular weight is 308 g/mol. The van der Waals surface area contributed by atoms with Crippen molar-refractivity contribution >= 4 is 24.9 Å². The number of hydrogen-bond acceptors (Lipinski definition) is 8. The van der Waals surface area contributed by atoms with E-state index in [2.05, 4.69) is 9.47 Å². The second-order valence-electron chi connectivity index (χ2n) is 3.68. The second-order valence-corrected chi connectivity index (χ2v) is 3.68. The molecule has 0 amide bonds. The van der Waals surface area contributed by atoms with Crippen LogP contribution in [0, 0.1) is 0 Å². The summed E-state index contributed by atoms with van der Waals surface area (Å²) in [7, 11) is 0. The van der Waals surface area contributed by atoms with Crippen LogP contribution in [0.4, 0.5) is 0 Å². The van der Waals surface area contributed by atoms with Gasteiger partial charge in [-0.05, 0) is 0 Å². The molecule has 0 rings (SSSR count). The number of rotatable bonds is 13. The maximum atomic E-state index is 10.6. The van der Waals surface area contributed by atoms with E-state index in [1.54, 1.807) is 0 Å². The first kappa shape index (κ1) is 21.1. The van der Waals surface area contributed by atoms with Crippen LogP contribution in [0.5, 0.6) is 0 Å². The van der Waals surface area contributed by atoms with Gasteiger partial charge in [0.05, 0.1) is 13.1 Å². The lowest BCUT2D eigenvalue weighted by Gasteiger charge is -2.24. The van der Waals surface area contributed by atoms with Crippen LogP contribution in [-0.4, -0.2) is 84.5 Å². The van der Waals surface area contributed by atoms with Gasteiger partial charge in [-0.25, -0.2) is 4.90 Å². The van der Waals surface area contributed by atoms with E-state index in [-0.39, 0.29) is 46.9 Å². The Morgan fingerprint density at radius 3 is 1.57 bits per heavy atom. The van der Waals surface area contributed by atoms with Gasteiger partial charge in [-0.15, -0.1) is 0 Å². The van der Waals surface area contributed by atoms with Crippen molar-refractivity contribution in [3.63, 3.8) is 0 Å². The molecule has 0 heterocycles. The molecule has 122 valence electrons. The molecule has 0 atom stereocenters. The van der Waals surface area contributed by atoms with Crippen LogP contribution in [0.15, 0.2) is 0 Å². The standard InChI is InChI=1S/C10H16N2O8.CH4/c13-7-19-5-12(6-20-8-14)2-1-11(3-9(15)16)4-10(17)18;/h7-8H,1-6H2,(H,15,16)(H,17,18);1H4. The van der Waals surface area contributed by atoms with E-state index in [0.29, 0.717) is 0 Å². The van der Waals surface area contributed by atoms with E-state index in [0.717, 1.165) is 0 Å². The molecule has 0 aliphatic heterocycles. The lowest BCUT2D eigenvalue weighted by atomic mass is 10.4. The molecular weight excluding hydrogens is 288 g/mol. The lowest BCUT2D eigenvalue weighted by Crippen LogP contribution is -2.41. The van der Waals surface area contributed by atoms with Crippen LogP contribution < -0.4 is 0 Å². The van der Waals surface area contributed by atoms with E-state index < -0.39 is 25.0 Å². The van der Waals surface area contributed by atoms with Crippen LogP contribution in [0.3, 0.4) is 0 Å². The third-order valence-corrected chi connectivity index (χ3v) is 2.10. The van der Waals surface area contributed by atoms with Gasteiger partial charge in [0, 0.05) is 13.1 Å². The molecule has 0 saturated heterocycles. The van der Waals surface area contributed by atoms with E-state index in [1.807, 2.05) is 0 Å². The van der Waals surface area contributed by atoms with Gasteiger partial charge < -0.3 is 19.7 Å². The number of carboxylic acids is 2. The van der Waals surface area contributed by atoms with Gasteiger partial charge in [-0.2, -0.15) is 0 Å². The zero-order valence-electron chi connectivity index (χ0n) is 10.6. The number of aliphatic carboxylic acids is 2. The number of ether oxygens (including phenoxy) is 2. The summed E-state index contributed by atoms with van der Waals surface area (Å²) in [5.41, 5.74) is 0. The number of nitrogens with zero attached hydrogens (tertiary/aromatic N) is 2. The molecule has 0 aliphatic carbocycles. The van der Waals surface area contributed by atoms with Crippen molar-refractivity contribution in [2.45, 2.75) is 7.43 Å². The molecular formula is C11H20N2O8. The van der Waals surface area contributed by atoms with E-state index in [1.165, 1.54) is 9.80 Å². The summed E-state index contributed by atoms with van der Waals surface area (Å²) < 4.78 is 8.97. The van der Waals surface area contributed by atoms with Crippen molar-refractivity contribution in [2.24, 2.45) is 0 Å². The van der Waals surface area contributed by atoms with Crippen molar-refractivity contribution in [3.8, 4) is 0 Å². The van der Waals surface area contributed by atoms with Gasteiger partial charge in [0.15, 0.2) is 0 Å². The SMILES string of the molecule is C.O=COCN(CCN(CC(=O)O)CC(=O)O)COC=O. The molecule has 0 unspecified atom stereocenters.